The first kappa shape index (κ1) is 15.1. The molecule has 0 aliphatic heterocycles. The number of nitrogens with one attached hydrogen (secondary N) is 1. The van der Waals surface area contributed by atoms with Gasteiger partial charge >= 0.3 is 0 Å². The SMILES string of the molecule is Cc1cccc(C(=O)NC(C)c2ccccc2Cl)c1Br. The van der Waals surface area contributed by atoms with E-state index >= 15 is 0 Å². The first-order chi connectivity index (χ1) is 9.50. The zero-order valence-electron chi connectivity index (χ0n) is 11.3. The fraction of sp³-hybridized carbons (Fsp3) is 0.188. The van der Waals surface area contributed by atoms with Crippen molar-refractivity contribution < 1.29 is 4.79 Å². The lowest BCUT2D eigenvalue weighted by Gasteiger charge is -2.16. The molecule has 0 aliphatic carbocycles. The van der Waals surface area contributed by atoms with Crippen LogP contribution < -0.4 is 5.32 Å². The van der Waals surface area contributed by atoms with E-state index in [-0.39, 0.29) is 11.9 Å². The molecule has 20 heavy (non-hydrogen) atoms. The minimum Gasteiger partial charge on any atom is -0.345 e. The molecule has 0 radical (unpaired) electrons. The molecule has 1 atom stereocenters. The molecule has 0 aliphatic rings. The third-order valence-electron chi connectivity index (χ3n) is 3.16. The number of halogens is 2. The highest BCUT2D eigenvalue weighted by Crippen LogP contribution is 2.24. The van der Waals surface area contributed by atoms with Gasteiger partial charge in [-0.3, -0.25) is 4.79 Å². The fourth-order valence-electron chi connectivity index (χ4n) is 2.00. The number of carbonyl (C=O) groups is 1. The van der Waals surface area contributed by atoms with Crippen molar-refractivity contribution in [3.05, 3.63) is 68.7 Å². The summed E-state index contributed by atoms with van der Waals surface area (Å²) in [5.41, 5.74) is 2.57. The van der Waals surface area contributed by atoms with E-state index in [4.69, 9.17) is 11.6 Å². The Kier molecular flexibility index (Phi) is 4.84. The fourth-order valence-corrected chi connectivity index (χ4v) is 2.74. The highest BCUT2D eigenvalue weighted by molar-refractivity contribution is 9.10. The maximum atomic E-state index is 12.3. The monoisotopic (exact) mass is 351 g/mol. The summed E-state index contributed by atoms with van der Waals surface area (Å²) in [7, 11) is 0. The molecule has 104 valence electrons. The van der Waals surface area contributed by atoms with Crippen LogP contribution in [0.1, 0.15) is 34.5 Å². The lowest BCUT2D eigenvalue weighted by Crippen LogP contribution is -2.27. The minimum atomic E-state index is -0.149. The maximum absolute atomic E-state index is 12.3. The Morgan fingerprint density at radius 3 is 2.60 bits per heavy atom. The van der Waals surface area contributed by atoms with Gasteiger partial charge in [0.1, 0.15) is 0 Å². The zero-order chi connectivity index (χ0) is 14.7. The molecule has 2 aromatic rings. The number of carbonyl (C=O) groups excluding carboxylic acids is 1. The van der Waals surface area contributed by atoms with Gasteiger partial charge in [0.05, 0.1) is 11.6 Å². The Balaban J connectivity index is 2.20. The molecule has 0 bridgehead atoms. The van der Waals surface area contributed by atoms with Crippen LogP contribution in [0.3, 0.4) is 0 Å². The molecule has 1 unspecified atom stereocenters. The lowest BCUT2D eigenvalue weighted by atomic mass is 10.1. The number of hydrogen-bond donors (Lipinski definition) is 1. The van der Waals surface area contributed by atoms with Crippen molar-refractivity contribution in [1.29, 1.82) is 0 Å². The second-order valence-corrected chi connectivity index (χ2v) is 5.85. The van der Waals surface area contributed by atoms with Gasteiger partial charge in [0, 0.05) is 9.50 Å². The van der Waals surface area contributed by atoms with Crippen LogP contribution in [0.25, 0.3) is 0 Å². The summed E-state index contributed by atoms with van der Waals surface area (Å²) in [6.07, 6.45) is 0. The Morgan fingerprint density at radius 1 is 1.20 bits per heavy atom. The molecule has 2 nitrogen and oxygen atoms in total. The summed E-state index contributed by atoms with van der Waals surface area (Å²) in [4.78, 5) is 12.3. The number of hydrogen-bond acceptors (Lipinski definition) is 1. The van der Waals surface area contributed by atoms with E-state index in [1.54, 1.807) is 6.07 Å². The summed E-state index contributed by atoms with van der Waals surface area (Å²) in [6.45, 7) is 3.88. The Bertz CT molecular complexity index is 642. The minimum absolute atomic E-state index is 0.118. The Hall–Kier alpha value is -1.32. The van der Waals surface area contributed by atoms with E-state index in [0.29, 0.717) is 10.6 Å². The molecule has 1 amide bonds. The van der Waals surface area contributed by atoms with Crippen LogP contribution >= 0.6 is 27.5 Å². The van der Waals surface area contributed by atoms with Crippen LogP contribution in [-0.2, 0) is 0 Å². The standard InChI is InChI=1S/C16H15BrClNO/c1-10-6-5-8-13(15(10)17)16(20)19-11(2)12-7-3-4-9-14(12)18/h3-9,11H,1-2H3,(H,19,20). The highest BCUT2D eigenvalue weighted by Gasteiger charge is 2.16. The quantitative estimate of drug-likeness (QED) is 0.836. The zero-order valence-corrected chi connectivity index (χ0v) is 13.6. The summed E-state index contributed by atoms with van der Waals surface area (Å²) in [6, 6.07) is 13.0. The molecule has 0 spiro atoms. The number of rotatable bonds is 3. The normalized spacial score (nSPS) is 12.0. The summed E-state index contributed by atoms with van der Waals surface area (Å²) in [5, 5.41) is 3.62. The van der Waals surface area contributed by atoms with Crippen molar-refractivity contribution in [2.75, 3.05) is 0 Å². The van der Waals surface area contributed by atoms with E-state index < -0.39 is 0 Å². The Morgan fingerprint density at radius 2 is 1.90 bits per heavy atom. The Labute approximate surface area is 132 Å². The van der Waals surface area contributed by atoms with E-state index in [1.165, 1.54) is 0 Å². The second kappa shape index (κ2) is 6.42. The van der Waals surface area contributed by atoms with Crippen molar-refractivity contribution in [2.45, 2.75) is 19.9 Å². The molecular weight excluding hydrogens is 338 g/mol. The average molecular weight is 353 g/mol. The molecule has 0 aromatic heterocycles. The summed E-state index contributed by atoms with van der Waals surface area (Å²) < 4.78 is 0.823. The summed E-state index contributed by atoms with van der Waals surface area (Å²) in [5.74, 6) is -0.118. The van der Waals surface area contributed by atoms with Gasteiger partial charge in [-0.1, -0.05) is 41.9 Å². The van der Waals surface area contributed by atoms with Crippen molar-refractivity contribution >= 4 is 33.4 Å². The van der Waals surface area contributed by atoms with Crippen LogP contribution in [-0.4, -0.2) is 5.91 Å². The van der Waals surface area contributed by atoms with Crippen molar-refractivity contribution in [3.8, 4) is 0 Å². The van der Waals surface area contributed by atoms with Gasteiger partial charge in [0.25, 0.3) is 5.91 Å². The summed E-state index contributed by atoms with van der Waals surface area (Å²) >= 11 is 9.60. The van der Waals surface area contributed by atoms with Crippen molar-refractivity contribution in [2.24, 2.45) is 0 Å². The van der Waals surface area contributed by atoms with Gasteiger partial charge in [-0.2, -0.15) is 0 Å². The average Bonchev–Trinajstić information content (AvgIpc) is 2.42. The van der Waals surface area contributed by atoms with E-state index in [2.05, 4.69) is 21.2 Å². The molecular formula is C16H15BrClNO. The molecule has 0 heterocycles. The van der Waals surface area contributed by atoms with Gasteiger partial charge in [-0.25, -0.2) is 0 Å². The van der Waals surface area contributed by atoms with Crippen molar-refractivity contribution in [3.63, 3.8) is 0 Å². The van der Waals surface area contributed by atoms with E-state index in [0.717, 1.165) is 15.6 Å². The van der Waals surface area contributed by atoms with Gasteiger partial charge in [-0.05, 0) is 53.0 Å². The first-order valence-electron chi connectivity index (χ1n) is 6.31. The van der Waals surface area contributed by atoms with Gasteiger partial charge in [0.2, 0.25) is 0 Å². The molecule has 4 heteroatoms. The first-order valence-corrected chi connectivity index (χ1v) is 7.48. The highest BCUT2D eigenvalue weighted by atomic mass is 79.9. The van der Waals surface area contributed by atoms with Crippen LogP contribution in [0.4, 0.5) is 0 Å². The van der Waals surface area contributed by atoms with Crippen LogP contribution in [0.2, 0.25) is 5.02 Å². The van der Waals surface area contributed by atoms with Crippen LogP contribution in [0.5, 0.6) is 0 Å². The number of amides is 1. The van der Waals surface area contributed by atoms with Crippen molar-refractivity contribution in [1.82, 2.24) is 5.32 Å². The van der Waals surface area contributed by atoms with Gasteiger partial charge < -0.3 is 5.32 Å². The van der Waals surface area contributed by atoms with E-state index in [1.807, 2.05) is 50.2 Å². The van der Waals surface area contributed by atoms with Crippen LogP contribution in [0.15, 0.2) is 46.9 Å². The van der Waals surface area contributed by atoms with E-state index in [9.17, 15) is 4.79 Å². The number of benzene rings is 2. The molecule has 0 fully saturated rings. The predicted molar refractivity (Wildman–Crippen MR) is 86.2 cm³/mol. The molecule has 2 rings (SSSR count). The molecule has 1 N–H and O–H groups in total. The van der Waals surface area contributed by atoms with Gasteiger partial charge in [0.15, 0.2) is 0 Å². The molecule has 0 saturated carbocycles. The molecule has 0 saturated heterocycles. The topological polar surface area (TPSA) is 29.1 Å². The van der Waals surface area contributed by atoms with Gasteiger partial charge in [-0.15, -0.1) is 0 Å². The molecule has 2 aromatic carbocycles. The number of aryl methyl sites for hydroxylation is 1. The third kappa shape index (κ3) is 3.22. The largest absolute Gasteiger partial charge is 0.345 e. The third-order valence-corrected chi connectivity index (χ3v) is 4.55. The lowest BCUT2D eigenvalue weighted by molar-refractivity contribution is 0.0939. The predicted octanol–water partition coefficient (Wildman–Crippen LogP) is 4.90. The smallest absolute Gasteiger partial charge is 0.252 e. The van der Waals surface area contributed by atoms with Crippen LogP contribution in [0, 0.1) is 6.92 Å². The maximum Gasteiger partial charge on any atom is 0.252 e. The second-order valence-electron chi connectivity index (χ2n) is 4.65.